The van der Waals surface area contributed by atoms with Crippen molar-refractivity contribution in [3.63, 3.8) is 0 Å². The fraction of sp³-hybridized carbons (Fsp3) is 0.500. The van der Waals surface area contributed by atoms with Crippen molar-refractivity contribution in [1.29, 1.82) is 0 Å². The molecular formula is C8H10F3N3O4S2. The van der Waals surface area contributed by atoms with Gasteiger partial charge in [0, 0.05) is 5.38 Å². The van der Waals surface area contributed by atoms with E-state index < -0.39 is 34.9 Å². The monoisotopic (exact) mass is 333 g/mol. The zero-order valence-electron chi connectivity index (χ0n) is 9.93. The third-order valence-electron chi connectivity index (χ3n) is 1.91. The third kappa shape index (κ3) is 5.40. The van der Waals surface area contributed by atoms with Gasteiger partial charge in [-0.3, -0.25) is 0 Å². The van der Waals surface area contributed by atoms with Gasteiger partial charge < -0.3 is 5.11 Å². The first-order valence-electron chi connectivity index (χ1n) is 5.02. The standard InChI is InChI=1S/C8H10F3N3O4S2/c1-4(6-13-5(2-19-6)7(15)16)14-20(17,18)12-3-8(9,10)11/h2,4,12,14H,3H2,1H3,(H,15,16). The maximum absolute atomic E-state index is 11.9. The molecule has 0 saturated heterocycles. The lowest BCUT2D eigenvalue weighted by atomic mass is 10.4. The zero-order chi connectivity index (χ0) is 15.6. The predicted octanol–water partition coefficient (Wildman–Crippen LogP) is 0.889. The summed E-state index contributed by atoms with van der Waals surface area (Å²) in [6.45, 7) is -0.370. The smallest absolute Gasteiger partial charge is 0.402 e. The quantitative estimate of drug-likeness (QED) is 0.716. The van der Waals surface area contributed by atoms with Crippen molar-refractivity contribution in [2.24, 2.45) is 0 Å². The molecule has 0 aliphatic heterocycles. The number of aromatic carboxylic acids is 1. The first-order valence-corrected chi connectivity index (χ1v) is 7.39. The van der Waals surface area contributed by atoms with E-state index in [1.54, 1.807) is 0 Å². The summed E-state index contributed by atoms with van der Waals surface area (Å²) in [5, 5.41) is 9.98. The molecule has 0 aliphatic carbocycles. The largest absolute Gasteiger partial charge is 0.476 e. The molecule has 1 atom stereocenters. The second kappa shape index (κ2) is 6.03. The molecule has 1 aromatic rings. The molecule has 0 radical (unpaired) electrons. The van der Waals surface area contributed by atoms with Crippen LogP contribution in [0.2, 0.25) is 0 Å². The van der Waals surface area contributed by atoms with E-state index in [9.17, 15) is 26.4 Å². The van der Waals surface area contributed by atoms with Crippen LogP contribution in [0.15, 0.2) is 5.38 Å². The summed E-state index contributed by atoms with van der Waals surface area (Å²) in [4.78, 5) is 14.2. The highest BCUT2D eigenvalue weighted by atomic mass is 32.2. The van der Waals surface area contributed by atoms with Crippen LogP contribution in [0, 0.1) is 0 Å². The van der Waals surface area contributed by atoms with E-state index in [1.165, 1.54) is 17.0 Å². The van der Waals surface area contributed by atoms with E-state index in [2.05, 4.69) is 4.98 Å². The van der Waals surface area contributed by atoms with Gasteiger partial charge in [0.15, 0.2) is 5.69 Å². The summed E-state index contributed by atoms with van der Waals surface area (Å²) in [6, 6.07) is -0.959. The van der Waals surface area contributed by atoms with E-state index in [1.807, 2.05) is 4.72 Å². The van der Waals surface area contributed by atoms with E-state index >= 15 is 0 Å². The lowest BCUT2D eigenvalue weighted by Gasteiger charge is -2.13. The molecule has 1 rings (SSSR count). The van der Waals surface area contributed by atoms with Gasteiger partial charge in [0.05, 0.1) is 6.04 Å². The van der Waals surface area contributed by atoms with Gasteiger partial charge in [-0.1, -0.05) is 0 Å². The number of carbonyl (C=O) groups is 1. The molecule has 12 heteroatoms. The Morgan fingerprint density at radius 1 is 1.55 bits per heavy atom. The first-order chi connectivity index (χ1) is 9.00. The molecule has 0 fully saturated rings. The molecule has 3 N–H and O–H groups in total. The molecule has 20 heavy (non-hydrogen) atoms. The SMILES string of the molecule is CC(NS(=O)(=O)NCC(F)(F)F)c1nc(C(=O)O)cs1. The highest BCUT2D eigenvalue weighted by molar-refractivity contribution is 7.87. The lowest BCUT2D eigenvalue weighted by molar-refractivity contribution is -0.121. The summed E-state index contributed by atoms with van der Waals surface area (Å²) in [5.74, 6) is -1.28. The fourth-order valence-corrected chi connectivity index (χ4v) is 2.98. The van der Waals surface area contributed by atoms with Gasteiger partial charge in [-0.15, -0.1) is 11.3 Å². The number of aromatic nitrogens is 1. The normalized spacial score (nSPS) is 14.2. The second-order valence-corrected chi connectivity index (χ2v) is 6.08. The Morgan fingerprint density at radius 2 is 2.15 bits per heavy atom. The van der Waals surface area contributed by atoms with Crippen LogP contribution < -0.4 is 9.44 Å². The van der Waals surface area contributed by atoms with Crippen LogP contribution in [0.3, 0.4) is 0 Å². The minimum atomic E-state index is -4.67. The summed E-state index contributed by atoms with van der Waals surface area (Å²) in [5.41, 5.74) is -0.265. The number of nitrogens with one attached hydrogen (secondary N) is 2. The van der Waals surface area contributed by atoms with Crippen LogP contribution in [0.1, 0.15) is 28.5 Å². The molecule has 0 bridgehead atoms. The molecule has 7 nitrogen and oxygen atoms in total. The Morgan fingerprint density at radius 3 is 2.60 bits per heavy atom. The zero-order valence-corrected chi connectivity index (χ0v) is 11.6. The number of nitrogens with zero attached hydrogens (tertiary/aromatic N) is 1. The predicted molar refractivity (Wildman–Crippen MR) is 63.6 cm³/mol. The fourth-order valence-electron chi connectivity index (χ4n) is 1.09. The molecule has 0 saturated carbocycles. The van der Waals surface area contributed by atoms with Crippen LogP contribution >= 0.6 is 11.3 Å². The van der Waals surface area contributed by atoms with Crippen molar-refractivity contribution in [1.82, 2.24) is 14.4 Å². The van der Waals surface area contributed by atoms with E-state index in [0.717, 1.165) is 11.3 Å². The minimum Gasteiger partial charge on any atom is -0.476 e. The van der Waals surface area contributed by atoms with E-state index in [4.69, 9.17) is 5.11 Å². The molecule has 0 spiro atoms. The maximum Gasteiger partial charge on any atom is 0.402 e. The van der Waals surface area contributed by atoms with Gasteiger partial charge >= 0.3 is 12.1 Å². The van der Waals surface area contributed by atoms with Gasteiger partial charge in [-0.05, 0) is 6.92 Å². The van der Waals surface area contributed by atoms with Gasteiger partial charge in [0.25, 0.3) is 10.2 Å². The Bertz CT molecular complexity index is 584. The van der Waals surface area contributed by atoms with Crippen molar-refractivity contribution < 1.29 is 31.5 Å². The number of rotatable bonds is 6. The van der Waals surface area contributed by atoms with Crippen molar-refractivity contribution in [2.75, 3.05) is 6.54 Å². The Labute approximate surface area is 116 Å². The number of thiazole rings is 1. The van der Waals surface area contributed by atoms with Crippen molar-refractivity contribution in [3.05, 3.63) is 16.1 Å². The number of alkyl halides is 3. The average molecular weight is 333 g/mol. The topological polar surface area (TPSA) is 108 Å². The van der Waals surface area contributed by atoms with Crippen LogP contribution in [0.25, 0.3) is 0 Å². The summed E-state index contributed by atoms with van der Waals surface area (Å²) < 4.78 is 61.6. The Hall–Kier alpha value is -1.24. The van der Waals surface area contributed by atoms with Crippen molar-refractivity contribution in [3.8, 4) is 0 Å². The van der Waals surface area contributed by atoms with Gasteiger partial charge in [0.1, 0.15) is 11.6 Å². The van der Waals surface area contributed by atoms with Gasteiger partial charge in [0.2, 0.25) is 0 Å². The Balaban J connectivity index is 2.68. The molecule has 114 valence electrons. The van der Waals surface area contributed by atoms with Crippen LogP contribution in [-0.2, 0) is 10.2 Å². The van der Waals surface area contributed by atoms with Crippen LogP contribution in [0.4, 0.5) is 13.2 Å². The maximum atomic E-state index is 11.9. The van der Waals surface area contributed by atoms with E-state index in [-0.39, 0.29) is 10.7 Å². The summed E-state index contributed by atoms with van der Waals surface area (Å²) >= 11 is 0.881. The molecule has 0 aliphatic rings. The molecule has 1 unspecified atom stereocenters. The number of carboxylic acids is 1. The average Bonchev–Trinajstić information content (AvgIpc) is 2.74. The van der Waals surface area contributed by atoms with Gasteiger partial charge in [-0.25, -0.2) is 9.78 Å². The third-order valence-corrected chi connectivity index (χ3v) is 4.12. The van der Waals surface area contributed by atoms with Crippen molar-refractivity contribution >= 4 is 27.5 Å². The molecule has 0 amide bonds. The molecule has 1 aromatic heterocycles. The van der Waals surface area contributed by atoms with Crippen molar-refractivity contribution in [2.45, 2.75) is 19.1 Å². The molecule has 1 heterocycles. The number of hydrogen-bond acceptors (Lipinski definition) is 5. The molecule has 0 aromatic carbocycles. The number of hydrogen-bond donors (Lipinski definition) is 3. The second-order valence-electron chi connectivity index (χ2n) is 3.66. The van der Waals surface area contributed by atoms with Crippen LogP contribution in [0.5, 0.6) is 0 Å². The summed E-state index contributed by atoms with van der Waals surface area (Å²) in [7, 11) is -4.37. The summed E-state index contributed by atoms with van der Waals surface area (Å²) in [6.07, 6.45) is -4.67. The number of halogens is 3. The Kier molecular flexibility index (Phi) is 5.07. The van der Waals surface area contributed by atoms with Gasteiger partial charge in [-0.2, -0.15) is 31.0 Å². The number of carboxylic acid groups (broad SMARTS) is 1. The molecular weight excluding hydrogens is 323 g/mol. The highest BCUT2D eigenvalue weighted by Gasteiger charge is 2.30. The highest BCUT2D eigenvalue weighted by Crippen LogP contribution is 2.19. The van der Waals surface area contributed by atoms with Crippen LogP contribution in [-0.4, -0.2) is 37.2 Å². The van der Waals surface area contributed by atoms with E-state index in [0.29, 0.717) is 0 Å². The lowest BCUT2D eigenvalue weighted by Crippen LogP contribution is -2.42. The first kappa shape index (κ1) is 16.8. The minimum absolute atomic E-state index is 0.125.